The van der Waals surface area contributed by atoms with Gasteiger partial charge in [0.25, 0.3) is 0 Å². The number of nitrogens with one attached hydrogen (secondary N) is 1. The fourth-order valence-electron chi connectivity index (χ4n) is 2.05. The molecule has 0 radical (unpaired) electrons. The largest absolute Gasteiger partial charge is 0.355 e. The van der Waals surface area contributed by atoms with Gasteiger partial charge in [0.15, 0.2) is 0 Å². The third-order valence-corrected chi connectivity index (χ3v) is 3.22. The molecule has 4 nitrogen and oxygen atoms in total. The molecule has 1 amide bonds. The smallest absolute Gasteiger partial charge is 0.237 e. The van der Waals surface area contributed by atoms with E-state index in [4.69, 9.17) is 5.26 Å². The number of nitriles is 1. The summed E-state index contributed by atoms with van der Waals surface area (Å²) in [6.45, 7) is 0.524. The minimum absolute atomic E-state index is 0.213. The quantitative estimate of drug-likeness (QED) is 0.880. The van der Waals surface area contributed by atoms with Crippen molar-refractivity contribution in [2.24, 2.45) is 5.92 Å². The SMILES string of the molecule is N#CC(Cc1ccccc1)C(=O)NCCc1ccncc1. The molecule has 0 fully saturated rings. The van der Waals surface area contributed by atoms with Gasteiger partial charge in [0.1, 0.15) is 5.92 Å². The van der Waals surface area contributed by atoms with Crippen LogP contribution in [0.5, 0.6) is 0 Å². The highest BCUT2D eigenvalue weighted by Crippen LogP contribution is 2.08. The van der Waals surface area contributed by atoms with Gasteiger partial charge in [-0.25, -0.2) is 0 Å². The van der Waals surface area contributed by atoms with Crippen LogP contribution in [-0.2, 0) is 17.6 Å². The molecule has 0 spiro atoms. The highest BCUT2D eigenvalue weighted by atomic mass is 16.1. The van der Waals surface area contributed by atoms with Crippen molar-refractivity contribution < 1.29 is 4.79 Å². The van der Waals surface area contributed by atoms with Crippen LogP contribution in [0.3, 0.4) is 0 Å². The van der Waals surface area contributed by atoms with Crippen molar-refractivity contribution in [3.63, 3.8) is 0 Å². The second-order valence-corrected chi connectivity index (χ2v) is 4.77. The highest BCUT2D eigenvalue weighted by molar-refractivity contribution is 5.81. The van der Waals surface area contributed by atoms with E-state index in [1.165, 1.54) is 0 Å². The Morgan fingerprint density at radius 2 is 1.86 bits per heavy atom. The molecule has 1 heterocycles. The molecular weight excluding hydrogens is 262 g/mol. The lowest BCUT2D eigenvalue weighted by Crippen LogP contribution is -2.32. The normalized spacial score (nSPS) is 11.4. The number of benzene rings is 1. The first-order valence-electron chi connectivity index (χ1n) is 6.90. The van der Waals surface area contributed by atoms with Crippen LogP contribution in [0.25, 0.3) is 0 Å². The Bertz CT molecular complexity index is 605. The van der Waals surface area contributed by atoms with Crippen LogP contribution in [0.15, 0.2) is 54.9 Å². The summed E-state index contributed by atoms with van der Waals surface area (Å²) in [6.07, 6.45) is 4.63. The summed E-state index contributed by atoms with van der Waals surface area (Å²) in [4.78, 5) is 16.0. The van der Waals surface area contributed by atoms with Crippen LogP contribution >= 0.6 is 0 Å². The van der Waals surface area contributed by atoms with Gasteiger partial charge in [-0.3, -0.25) is 9.78 Å². The van der Waals surface area contributed by atoms with Crippen molar-refractivity contribution in [3.8, 4) is 6.07 Å². The molecule has 0 saturated carbocycles. The van der Waals surface area contributed by atoms with Gasteiger partial charge in [-0.15, -0.1) is 0 Å². The summed E-state index contributed by atoms with van der Waals surface area (Å²) >= 11 is 0. The lowest BCUT2D eigenvalue weighted by atomic mass is 10.00. The van der Waals surface area contributed by atoms with Gasteiger partial charge in [-0.05, 0) is 36.1 Å². The predicted octanol–water partition coefficient (Wildman–Crippen LogP) is 2.12. The average molecular weight is 279 g/mol. The number of carbonyl (C=O) groups is 1. The van der Waals surface area contributed by atoms with E-state index in [2.05, 4.69) is 16.4 Å². The van der Waals surface area contributed by atoms with Crippen molar-refractivity contribution >= 4 is 5.91 Å². The number of pyridine rings is 1. The minimum atomic E-state index is -0.648. The molecule has 106 valence electrons. The summed E-state index contributed by atoms with van der Waals surface area (Å²) in [7, 11) is 0. The van der Waals surface area contributed by atoms with Crippen LogP contribution in [0, 0.1) is 17.2 Å². The Morgan fingerprint density at radius 3 is 2.52 bits per heavy atom. The number of hydrogen-bond donors (Lipinski definition) is 1. The Morgan fingerprint density at radius 1 is 1.14 bits per heavy atom. The van der Waals surface area contributed by atoms with E-state index in [-0.39, 0.29) is 5.91 Å². The maximum atomic E-state index is 12.0. The summed E-state index contributed by atoms with van der Waals surface area (Å²) in [6, 6.07) is 15.5. The van der Waals surface area contributed by atoms with E-state index in [0.717, 1.165) is 17.5 Å². The number of hydrogen-bond acceptors (Lipinski definition) is 3. The maximum Gasteiger partial charge on any atom is 0.237 e. The van der Waals surface area contributed by atoms with Gasteiger partial charge < -0.3 is 5.32 Å². The molecule has 0 aliphatic rings. The third-order valence-electron chi connectivity index (χ3n) is 3.22. The Hall–Kier alpha value is -2.67. The van der Waals surface area contributed by atoms with E-state index in [9.17, 15) is 4.79 Å². The fraction of sp³-hybridized carbons (Fsp3) is 0.235. The fourth-order valence-corrected chi connectivity index (χ4v) is 2.05. The van der Waals surface area contributed by atoms with Crippen molar-refractivity contribution in [1.29, 1.82) is 5.26 Å². The lowest BCUT2D eigenvalue weighted by molar-refractivity contribution is -0.123. The molecule has 0 aliphatic carbocycles. The molecule has 0 bridgehead atoms. The van der Waals surface area contributed by atoms with Crippen molar-refractivity contribution in [2.75, 3.05) is 6.54 Å². The predicted molar refractivity (Wildman–Crippen MR) is 80.2 cm³/mol. The Balaban J connectivity index is 1.82. The number of nitrogens with zero attached hydrogens (tertiary/aromatic N) is 2. The molecule has 1 N–H and O–H groups in total. The summed E-state index contributed by atoms with van der Waals surface area (Å²) < 4.78 is 0. The van der Waals surface area contributed by atoms with Crippen molar-refractivity contribution in [1.82, 2.24) is 10.3 Å². The van der Waals surface area contributed by atoms with Crippen LogP contribution < -0.4 is 5.32 Å². The molecular formula is C17H17N3O. The van der Waals surface area contributed by atoms with Gasteiger partial charge in [0, 0.05) is 18.9 Å². The maximum absolute atomic E-state index is 12.0. The van der Waals surface area contributed by atoms with E-state index in [1.54, 1.807) is 12.4 Å². The minimum Gasteiger partial charge on any atom is -0.355 e. The molecule has 0 saturated heterocycles. The molecule has 21 heavy (non-hydrogen) atoms. The van der Waals surface area contributed by atoms with Crippen molar-refractivity contribution in [3.05, 3.63) is 66.0 Å². The molecule has 2 aromatic rings. The Labute approximate surface area is 124 Å². The van der Waals surface area contributed by atoms with E-state index < -0.39 is 5.92 Å². The first kappa shape index (κ1) is 14.7. The van der Waals surface area contributed by atoms with Crippen LogP contribution in [-0.4, -0.2) is 17.4 Å². The second-order valence-electron chi connectivity index (χ2n) is 4.77. The van der Waals surface area contributed by atoms with Crippen LogP contribution in [0.1, 0.15) is 11.1 Å². The lowest BCUT2D eigenvalue weighted by Gasteiger charge is -2.10. The number of carbonyl (C=O) groups excluding carboxylic acids is 1. The van der Waals surface area contributed by atoms with E-state index in [0.29, 0.717) is 13.0 Å². The van der Waals surface area contributed by atoms with Crippen molar-refractivity contribution in [2.45, 2.75) is 12.8 Å². The number of amides is 1. The molecule has 1 unspecified atom stereocenters. The van der Waals surface area contributed by atoms with Gasteiger partial charge in [0.05, 0.1) is 6.07 Å². The zero-order valence-corrected chi connectivity index (χ0v) is 11.7. The van der Waals surface area contributed by atoms with Gasteiger partial charge in [0.2, 0.25) is 5.91 Å². The molecule has 1 aromatic carbocycles. The number of aromatic nitrogens is 1. The third kappa shape index (κ3) is 4.73. The average Bonchev–Trinajstić information content (AvgIpc) is 2.54. The molecule has 0 aliphatic heterocycles. The van der Waals surface area contributed by atoms with Gasteiger partial charge in [-0.2, -0.15) is 5.26 Å². The highest BCUT2D eigenvalue weighted by Gasteiger charge is 2.17. The standard InChI is InChI=1S/C17H17N3O/c18-13-16(12-15-4-2-1-3-5-15)17(21)20-11-8-14-6-9-19-10-7-14/h1-7,9-10,16H,8,11-12H2,(H,20,21). The Kier molecular flexibility index (Phi) is 5.48. The molecule has 2 rings (SSSR count). The summed E-state index contributed by atoms with van der Waals surface area (Å²) in [5.41, 5.74) is 2.11. The summed E-state index contributed by atoms with van der Waals surface area (Å²) in [5, 5.41) is 12.0. The topological polar surface area (TPSA) is 65.8 Å². The van der Waals surface area contributed by atoms with E-state index in [1.807, 2.05) is 42.5 Å². The second kappa shape index (κ2) is 7.81. The molecule has 1 aromatic heterocycles. The zero-order chi connectivity index (χ0) is 14.9. The van der Waals surface area contributed by atoms with Crippen LogP contribution in [0.4, 0.5) is 0 Å². The number of rotatable bonds is 6. The first-order chi connectivity index (χ1) is 10.3. The van der Waals surface area contributed by atoms with Crippen LogP contribution in [0.2, 0.25) is 0 Å². The van der Waals surface area contributed by atoms with Gasteiger partial charge >= 0.3 is 0 Å². The monoisotopic (exact) mass is 279 g/mol. The first-order valence-corrected chi connectivity index (χ1v) is 6.90. The zero-order valence-electron chi connectivity index (χ0n) is 11.7. The molecule has 1 atom stereocenters. The molecule has 4 heteroatoms. The van der Waals surface area contributed by atoms with E-state index >= 15 is 0 Å². The summed E-state index contributed by atoms with van der Waals surface area (Å²) in [5.74, 6) is -0.861. The van der Waals surface area contributed by atoms with Gasteiger partial charge in [-0.1, -0.05) is 30.3 Å².